The van der Waals surface area contributed by atoms with E-state index >= 15 is 0 Å². The highest BCUT2D eigenvalue weighted by atomic mass is 16.6. The van der Waals surface area contributed by atoms with Gasteiger partial charge in [0.15, 0.2) is 6.04 Å². The van der Waals surface area contributed by atoms with Crippen LogP contribution in [0.4, 0.5) is 4.79 Å². The van der Waals surface area contributed by atoms with Gasteiger partial charge < -0.3 is 14.8 Å². The molecule has 0 aromatic carbocycles. The Kier molecular flexibility index (Phi) is 4.52. The number of methoxy groups -OCH3 is 1. The predicted molar refractivity (Wildman–Crippen MR) is 67.3 cm³/mol. The van der Waals surface area contributed by atoms with E-state index in [0.717, 1.165) is 0 Å². The Bertz CT molecular complexity index is 462. The second-order valence-electron chi connectivity index (χ2n) is 5.05. The minimum absolute atomic E-state index is 0.528. The number of nitrogens with one attached hydrogen (secondary N) is 1. The lowest BCUT2D eigenvalue weighted by Gasteiger charge is -2.22. The third kappa shape index (κ3) is 4.61. The number of amides is 1. The molecule has 0 aliphatic heterocycles. The summed E-state index contributed by atoms with van der Waals surface area (Å²) in [6.07, 6.45) is 2.42. The van der Waals surface area contributed by atoms with Crippen LogP contribution in [0.2, 0.25) is 0 Å². The number of ether oxygens (including phenoxy) is 2. The van der Waals surface area contributed by atoms with Crippen LogP contribution < -0.4 is 5.32 Å². The molecule has 1 heterocycles. The number of hydrogen-bond donors (Lipinski definition) is 1. The molecule has 1 amide bonds. The maximum Gasteiger partial charge on any atom is 0.408 e. The molecule has 7 nitrogen and oxygen atoms in total. The summed E-state index contributed by atoms with van der Waals surface area (Å²) >= 11 is 0. The number of alkyl carbamates (subject to hydrolysis) is 1. The van der Waals surface area contributed by atoms with E-state index in [1.807, 2.05) is 0 Å². The highest BCUT2D eigenvalue weighted by molar-refractivity contribution is 5.82. The van der Waals surface area contributed by atoms with Crippen molar-refractivity contribution in [1.29, 1.82) is 0 Å². The Morgan fingerprint density at radius 2 is 2.05 bits per heavy atom. The van der Waals surface area contributed by atoms with Crippen molar-refractivity contribution in [2.24, 2.45) is 7.05 Å². The van der Waals surface area contributed by atoms with Crippen molar-refractivity contribution >= 4 is 12.1 Å². The Morgan fingerprint density at radius 3 is 2.47 bits per heavy atom. The summed E-state index contributed by atoms with van der Waals surface area (Å²) in [5.74, 6) is -0.584. The lowest BCUT2D eigenvalue weighted by atomic mass is 10.1. The molecular formula is C12H19N3O4. The van der Waals surface area contributed by atoms with Crippen LogP contribution in [0, 0.1) is 0 Å². The molecule has 1 aromatic rings. The van der Waals surface area contributed by atoms with Gasteiger partial charge in [-0.05, 0) is 20.8 Å². The SMILES string of the molecule is COC(=O)C(NC(=O)OC(C)(C)C)c1cnn(C)c1. The van der Waals surface area contributed by atoms with E-state index in [1.54, 1.807) is 34.0 Å². The van der Waals surface area contributed by atoms with E-state index in [1.165, 1.54) is 18.0 Å². The van der Waals surface area contributed by atoms with Gasteiger partial charge in [-0.3, -0.25) is 4.68 Å². The molecule has 19 heavy (non-hydrogen) atoms. The molecule has 0 saturated heterocycles. The molecule has 0 bridgehead atoms. The summed E-state index contributed by atoms with van der Waals surface area (Å²) in [6.45, 7) is 5.22. The summed E-state index contributed by atoms with van der Waals surface area (Å²) in [4.78, 5) is 23.4. The zero-order valence-electron chi connectivity index (χ0n) is 11.8. The molecule has 0 aliphatic rings. The predicted octanol–water partition coefficient (Wildman–Crippen LogP) is 1.16. The maximum atomic E-state index is 11.7. The number of rotatable bonds is 3. The summed E-state index contributed by atoms with van der Waals surface area (Å²) < 4.78 is 11.3. The fraction of sp³-hybridized carbons (Fsp3) is 0.583. The van der Waals surface area contributed by atoms with Gasteiger partial charge in [-0.1, -0.05) is 0 Å². The van der Waals surface area contributed by atoms with Crippen LogP contribution in [0.3, 0.4) is 0 Å². The Morgan fingerprint density at radius 1 is 1.42 bits per heavy atom. The number of carbonyl (C=O) groups excluding carboxylic acids is 2. The number of carbonyl (C=O) groups is 2. The second kappa shape index (κ2) is 5.73. The van der Waals surface area contributed by atoms with Gasteiger partial charge in [-0.2, -0.15) is 5.10 Å². The van der Waals surface area contributed by atoms with Crippen LogP contribution in [0.1, 0.15) is 32.4 Å². The number of hydrogen-bond acceptors (Lipinski definition) is 5. The smallest absolute Gasteiger partial charge is 0.408 e. The number of esters is 1. The third-order valence-electron chi connectivity index (χ3n) is 2.16. The van der Waals surface area contributed by atoms with Crippen LogP contribution in [0.25, 0.3) is 0 Å². The fourth-order valence-corrected chi connectivity index (χ4v) is 1.41. The first-order valence-corrected chi connectivity index (χ1v) is 5.79. The quantitative estimate of drug-likeness (QED) is 0.832. The molecule has 7 heteroatoms. The maximum absolute atomic E-state index is 11.7. The molecule has 1 unspecified atom stereocenters. The highest BCUT2D eigenvalue weighted by Gasteiger charge is 2.27. The average molecular weight is 269 g/mol. The van der Waals surface area contributed by atoms with E-state index in [4.69, 9.17) is 4.74 Å². The van der Waals surface area contributed by atoms with Crippen LogP contribution in [0.5, 0.6) is 0 Å². The first kappa shape index (κ1) is 15.0. The van der Waals surface area contributed by atoms with E-state index in [0.29, 0.717) is 5.56 Å². The number of aryl methyl sites for hydroxylation is 1. The van der Waals surface area contributed by atoms with Crippen molar-refractivity contribution in [2.75, 3.05) is 7.11 Å². The minimum Gasteiger partial charge on any atom is -0.467 e. The first-order chi connectivity index (χ1) is 8.73. The van der Waals surface area contributed by atoms with Gasteiger partial charge in [-0.25, -0.2) is 9.59 Å². The van der Waals surface area contributed by atoms with Crippen molar-refractivity contribution < 1.29 is 19.1 Å². The van der Waals surface area contributed by atoms with Gasteiger partial charge in [0.05, 0.1) is 13.3 Å². The zero-order valence-corrected chi connectivity index (χ0v) is 11.8. The summed E-state index contributed by atoms with van der Waals surface area (Å²) in [5, 5.41) is 6.42. The van der Waals surface area contributed by atoms with Crippen molar-refractivity contribution in [1.82, 2.24) is 15.1 Å². The Hall–Kier alpha value is -2.05. The monoisotopic (exact) mass is 269 g/mol. The van der Waals surface area contributed by atoms with Crippen molar-refractivity contribution in [3.05, 3.63) is 18.0 Å². The van der Waals surface area contributed by atoms with Gasteiger partial charge in [0, 0.05) is 18.8 Å². The van der Waals surface area contributed by atoms with Gasteiger partial charge in [-0.15, -0.1) is 0 Å². The van der Waals surface area contributed by atoms with Gasteiger partial charge >= 0.3 is 12.1 Å². The van der Waals surface area contributed by atoms with Crippen LogP contribution >= 0.6 is 0 Å². The molecule has 0 radical (unpaired) electrons. The van der Waals surface area contributed by atoms with E-state index in [-0.39, 0.29) is 0 Å². The van der Waals surface area contributed by atoms with Crippen LogP contribution in [-0.4, -0.2) is 34.6 Å². The molecule has 1 N–H and O–H groups in total. The van der Waals surface area contributed by atoms with Crippen LogP contribution in [0.15, 0.2) is 12.4 Å². The Labute approximate surface area is 111 Å². The normalized spacial score (nSPS) is 12.7. The van der Waals surface area contributed by atoms with Gasteiger partial charge in [0.1, 0.15) is 5.60 Å². The minimum atomic E-state index is -0.937. The van der Waals surface area contributed by atoms with Crippen LogP contribution in [-0.2, 0) is 21.3 Å². The average Bonchev–Trinajstić information content (AvgIpc) is 2.69. The molecule has 0 aliphatic carbocycles. The van der Waals surface area contributed by atoms with E-state index in [9.17, 15) is 9.59 Å². The Balaban J connectivity index is 2.82. The standard InChI is InChI=1S/C12H19N3O4/c1-12(2,3)19-11(17)14-9(10(16)18-5)8-6-13-15(4)7-8/h6-7,9H,1-5H3,(H,14,17). The molecular weight excluding hydrogens is 250 g/mol. The lowest BCUT2D eigenvalue weighted by Crippen LogP contribution is -2.38. The van der Waals surface area contributed by atoms with E-state index < -0.39 is 23.7 Å². The van der Waals surface area contributed by atoms with Crippen molar-refractivity contribution in [3.8, 4) is 0 Å². The molecule has 106 valence electrons. The van der Waals surface area contributed by atoms with E-state index in [2.05, 4.69) is 15.2 Å². The summed E-state index contributed by atoms with van der Waals surface area (Å²) in [6, 6.07) is -0.937. The summed E-state index contributed by atoms with van der Waals surface area (Å²) in [7, 11) is 2.97. The zero-order chi connectivity index (χ0) is 14.6. The number of nitrogens with zero attached hydrogens (tertiary/aromatic N) is 2. The largest absolute Gasteiger partial charge is 0.467 e. The number of aromatic nitrogens is 2. The van der Waals surface area contributed by atoms with Crippen molar-refractivity contribution in [3.63, 3.8) is 0 Å². The molecule has 1 aromatic heterocycles. The molecule has 0 spiro atoms. The van der Waals surface area contributed by atoms with Gasteiger partial charge in [0.2, 0.25) is 0 Å². The topological polar surface area (TPSA) is 82.4 Å². The molecule has 0 fully saturated rings. The molecule has 1 atom stereocenters. The van der Waals surface area contributed by atoms with Gasteiger partial charge in [0.25, 0.3) is 0 Å². The molecule has 1 rings (SSSR count). The summed E-state index contributed by atoms with van der Waals surface area (Å²) in [5.41, 5.74) is -0.111. The second-order valence-corrected chi connectivity index (χ2v) is 5.05. The first-order valence-electron chi connectivity index (χ1n) is 5.79. The highest BCUT2D eigenvalue weighted by Crippen LogP contribution is 2.15. The third-order valence-corrected chi connectivity index (χ3v) is 2.16. The lowest BCUT2D eigenvalue weighted by molar-refractivity contribution is -0.143. The van der Waals surface area contributed by atoms with Crippen molar-refractivity contribution in [2.45, 2.75) is 32.4 Å². The molecule has 0 saturated carbocycles. The fourth-order valence-electron chi connectivity index (χ4n) is 1.41.